The first-order chi connectivity index (χ1) is 14.7. The fraction of sp³-hybridized carbons (Fsp3) is 0.429. The molecule has 1 saturated heterocycles. The van der Waals surface area contributed by atoms with Gasteiger partial charge in [0.25, 0.3) is 0 Å². The smallest absolute Gasteiger partial charge is 0.417 e. The first kappa shape index (κ1) is 22.7. The summed E-state index contributed by atoms with van der Waals surface area (Å²) in [6.07, 6.45) is -3.56. The number of hydrogen-bond donors (Lipinski definition) is 1. The average Bonchev–Trinajstić information content (AvgIpc) is 2.77. The molecule has 168 valence electrons. The summed E-state index contributed by atoms with van der Waals surface area (Å²) in [7, 11) is 3.07. The maximum atomic E-state index is 12.7. The van der Waals surface area contributed by atoms with E-state index >= 15 is 0 Å². The summed E-state index contributed by atoms with van der Waals surface area (Å²) >= 11 is 0. The molecule has 1 fully saturated rings. The lowest BCUT2D eigenvalue weighted by Crippen LogP contribution is -2.53. The zero-order chi connectivity index (χ0) is 22.6. The number of methoxy groups -OCH3 is 2. The monoisotopic (exact) mass is 438 g/mol. The van der Waals surface area contributed by atoms with Crippen LogP contribution in [0.25, 0.3) is 0 Å². The number of nitrogens with zero attached hydrogens (tertiary/aromatic N) is 3. The molecule has 2 heterocycles. The molecule has 0 saturated carbocycles. The van der Waals surface area contributed by atoms with Crippen molar-refractivity contribution in [3.63, 3.8) is 0 Å². The number of amides is 1. The van der Waals surface area contributed by atoms with Crippen molar-refractivity contribution in [2.24, 2.45) is 0 Å². The summed E-state index contributed by atoms with van der Waals surface area (Å²) in [6, 6.07) is 7.16. The Balaban J connectivity index is 1.57. The molecule has 1 aromatic heterocycles. The number of halogens is 3. The van der Waals surface area contributed by atoms with Gasteiger partial charge in [-0.3, -0.25) is 9.69 Å². The van der Waals surface area contributed by atoms with Gasteiger partial charge < -0.3 is 19.7 Å². The minimum Gasteiger partial charge on any atom is -0.497 e. The molecular weight excluding hydrogens is 413 g/mol. The van der Waals surface area contributed by atoms with Crippen LogP contribution in [0.15, 0.2) is 36.5 Å². The number of carbonyl (C=O) groups excluding carboxylic acids is 1. The molecule has 1 aliphatic heterocycles. The Morgan fingerprint density at radius 3 is 2.16 bits per heavy atom. The van der Waals surface area contributed by atoms with Gasteiger partial charge in [-0.05, 0) is 19.1 Å². The highest BCUT2D eigenvalue weighted by molar-refractivity contribution is 5.95. The number of aromatic nitrogens is 1. The topological polar surface area (TPSA) is 66.9 Å². The second-order valence-electron chi connectivity index (χ2n) is 7.19. The van der Waals surface area contributed by atoms with E-state index in [4.69, 9.17) is 9.47 Å². The van der Waals surface area contributed by atoms with Crippen LogP contribution in [0.2, 0.25) is 0 Å². The van der Waals surface area contributed by atoms with E-state index in [9.17, 15) is 18.0 Å². The van der Waals surface area contributed by atoms with Crippen LogP contribution in [-0.4, -0.2) is 62.2 Å². The molecule has 1 aromatic carbocycles. The first-order valence-electron chi connectivity index (χ1n) is 9.77. The summed E-state index contributed by atoms with van der Waals surface area (Å²) in [5.41, 5.74) is -0.199. The maximum absolute atomic E-state index is 12.7. The van der Waals surface area contributed by atoms with Crippen molar-refractivity contribution in [2.75, 3.05) is 50.6 Å². The Labute approximate surface area is 178 Å². The summed E-state index contributed by atoms with van der Waals surface area (Å²) in [6.45, 7) is 4.10. The van der Waals surface area contributed by atoms with Gasteiger partial charge in [0.15, 0.2) is 0 Å². The molecule has 1 atom stereocenters. The van der Waals surface area contributed by atoms with Gasteiger partial charge in [-0.15, -0.1) is 0 Å². The zero-order valence-corrected chi connectivity index (χ0v) is 17.6. The summed E-state index contributed by atoms with van der Waals surface area (Å²) in [5, 5.41) is 2.88. The van der Waals surface area contributed by atoms with Gasteiger partial charge >= 0.3 is 6.18 Å². The lowest BCUT2D eigenvalue weighted by atomic mass is 10.2. The molecular formula is C21H25F3N4O3. The van der Waals surface area contributed by atoms with E-state index in [1.54, 1.807) is 18.2 Å². The largest absolute Gasteiger partial charge is 0.497 e. The molecule has 0 radical (unpaired) electrons. The van der Waals surface area contributed by atoms with E-state index in [0.717, 1.165) is 12.3 Å². The number of anilines is 2. The van der Waals surface area contributed by atoms with Gasteiger partial charge in [-0.25, -0.2) is 4.98 Å². The molecule has 0 aliphatic carbocycles. The van der Waals surface area contributed by atoms with Crippen molar-refractivity contribution in [3.05, 3.63) is 42.1 Å². The number of carbonyl (C=O) groups is 1. The number of pyridine rings is 1. The van der Waals surface area contributed by atoms with Gasteiger partial charge in [0, 0.05) is 56.3 Å². The molecule has 10 heteroatoms. The molecule has 2 aromatic rings. The number of hydrogen-bond acceptors (Lipinski definition) is 6. The molecule has 1 aliphatic rings. The molecule has 0 bridgehead atoms. The lowest BCUT2D eigenvalue weighted by molar-refractivity contribution is -0.137. The van der Waals surface area contributed by atoms with E-state index in [-0.39, 0.29) is 11.9 Å². The highest BCUT2D eigenvalue weighted by atomic mass is 19.4. The predicted molar refractivity (Wildman–Crippen MR) is 111 cm³/mol. The van der Waals surface area contributed by atoms with Crippen molar-refractivity contribution in [1.82, 2.24) is 9.88 Å². The molecule has 1 amide bonds. The lowest BCUT2D eigenvalue weighted by Gasteiger charge is -2.38. The Bertz CT molecular complexity index is 875. The second kappa shape index (κ2) is 9.42. The van der Waals surface area contributed by atoms with Crippen LogP contribution in [0, 0.1) is 0 Å². The second-order valence-corrected chi connectivity index (χ2v) is 7.19. The highest BCUT2D eigenvalue weighted by Gasteiger charge is 2.31. The maximum Gasteiger partial charge on any atom is 0.417 e. The van der Waals surface area contributed by atoms with E-state index in [1.165, 1.54) is 20.3 Å². The number of alkyl halides is 3. The van der Waals surface area contributed by atoms with E-state index < -0.39 is 11.7 Å². The van der Waals surface area contributed by atoms with Crippen molar-refractivity contribution >= 4 is 17.4 Å². The third-order valence-electron chi connectivity index (χ3n) is 5.26. The molecule has 31 heavy (non-hydrogen) atoms. The third-order valence-corrected chi connectivity index (χ3v) is 5.26. The number of rotatable bonds is 6. The summed E-state index contributed by atoms with van der Waals surface area (Å²) in [5.74, 6) is 1.46. The number of nitrogens with one attached hydrogen (secondary N) is 1. The third kappa shape index (κ3) is 5.57. The fourth-order valence-electron chi connectivity index (χ4n) is 3.37. The standard InChI is InChI=1S/C21H25F3N4O3/c1-14(20(29)26-16-10-17(30-2)12-18(11-16)31-3)27-6-8-28(9-7-27)19-5-4-15(13-25-19)21(22,23)24/h4-5,10-14H,6-9H2,1-3H3,(H,26,29)/t14-/m0/s1. The minimum atomic E-state index is -4.40. The van der Waals surface area contributed by atoms with E-state index in [0.29, 0.717) is 49.2 Å². The Hall–Kier alpha value is -3.01. The van der Waals surface area contributed by atoms with Crippen molar-refractivity contribution in [3.8, 4) is 11.5 Å². The highest BCUT2D eigenvalue weighted by Crippen LogP contribution is 2.30. The SMILES string of the molecule is COc1cc(NC(=O)[C@H](C)N2CCN(c3ccc(C(F)(F)F)cn3)CC2)cc(OC)c1. The van der Waals surface area contributed by atoms with Gasteiger partial charge in [0.1, 0.15) is 17.3 Å². The van der Waals surface area contributed by atoms with Crippen LogP contribution in [-0.2, 0) is 11.0 Å². The van der Waals surface area contributed by atoms with Gasteiger partial charge in [-0.1, -0.05) is 0 Å². The van der Waals surface area contributed by atoms with Crippen LogP contribution in [0.5, 0.6) is 11.5 Å². The minimum absolute atomic E-state index is 0.170. The number of piperazine rings is 1. The van der Waals surface area contributed by atoms with Crippen LogP contribution in [0.3, 0.4) is 0 Å². The van der Waals surface area contributed by atoms with E-state index in [1.807, 2.05) is 16.7 Å². The van der Waals surface area contributed by atoms with Crippen LogP contribution >= 0.6 is 0 Å². The summed E-state index contributed by atoms with van der Waals surface area (Å²) in [4.78, 5) is 20.6. The van der Waals surface area contributed by atoms with Crippen molar-refractivity contribution < 1.29 is 27.4 Å². The van der Waals surface area contributed by atoms with Crippen LogP contribution < -0.4 is 19.7 Å². The Morgan fingerprint density at radius 2 is 1.68 bits per heavy atom. The predicted octanol–water partition coefficient (Wildman–Crippen LogP) is 3.27. The Kier molecular flexibility index (Phi) is 6.89. The molecule has 3 rings (SSSR count). The fourth-order valence-corrected chi connectivity index (χ4v) is 3.37. The number of benzene rings is 1. The van der Waals surface area contributed by atoms with Crippen LogP contribution in [0.4, 0.5) is 24.7 Å². The van der Waals surface area contributed by atoms with Gasteiger partial charge in [0.05, 0.1) is 25.8 Å². The van der Waals surface area contributed by atoms with Crippen molar-refractivity contribution in [2.45, 2.75) is 19.1 Å². The van der Waals surface area contributed by atoms with Crippen molar-refractivity contribution in [1.29, 1.82) is 0 Å². The zero-order valence-electron chi connectivity index (χ0n) is 17.6. The van der Waals surface area contributed by atoms with Gasteiger partial charge in [0.2, 0.25) is 5.91 Å². The summed E-state index contributed by atoms with van der Waals surface area (Å²) < 4.78 is 48.6. The average molecular weight is 438 g/mol. The molecule has 7 nitrogen and oxygen atoms in total. The van der Waals surface area contributed by atoms with Crippen LogP contribution in [0.1, 0.15) is 12.5 Å². The quantitative estimate of drug-likeness (QED) is 0.747. The first-order valence-corrected chi connectivity index (χ1v) is 9.77. The van der Waals surface area contributed by atoms with Gasteiger partial charge in [-0.2, -0.15) is 13.2 Å². The van der Waals surface area contributed by atoms with E-state index in [2.05, 4.69) is 10.3 Å². The molecule has 1 N–H and O–H groups in total. The molecule has 0 unspecified atom stereocenters. The normalized spacial score (nSPS) is 16.0. The molecule has 0 spiro atoms. The Morgan fingerprint density at radius 1 is 1.06 bits per heavy atom. The number of ether oxygens (including phenoxy) is 2.